The van der Waals surface area contributed by atoms with Gasteiger partial charge in [0.15, 0.2) is 15.0 Å². The lowest BCUT2D eigenvalue weighted by atomic mass is 10.1. The second-order valence-corrected chi connectivity index (χ2v) is 11.9. The molecule has 166 valence electrons. The van der Waals surface area contributed by atoms with E-state index in [9.17, 15) is 26.4 Å². The van der Waals surface area contributed by atoms with Gasteiger partial charge in [0.1, 0.15) is 0 Å². The van der Waals surface area contributed by atoms with Gasteiger partial charge < -0.3 is 5.32 Å². The van der Waals surface area contributed by atoms with E-state index >= 15 is 0 Å². The molecule has 0 fully saturated rings. The molecule has 0 radical (unpaired) electrons. The summed E-state index contributed by atoms with van der Waals surface area (Å²) in [6.07, 6.45) is 1.11. The summed E-state index contributed by atoms with van der Waals surface area (Å²) >= 11 is 2.30. The predicted octanol–water partition coefficient (Wildman–Crippen LogP) is 4.91. The molecule has 1 N–H and O–H groups in total. The van der Waals surface area contributed by atoms with Crippen molar-refractivity contribution >= 4 is 55.3 Å². The standard InChI is InChI=1S/C18H16F3N3O3S4/c1-10-22-14(9-31(2,26)27)16(29-10)13-8-28-17(23-13)24-15(25)7-11-3-5-12(6-4-11)30-18(19,20)21/h3-6,8H,7,9H2,1-2H3,(H,23,24,25). The van der Waals surface area contributed by atoms with E-state index in [-0.39, 0.29) is 34.7 Å². The van der Waals surface area contributed by atoms with Gasteiger partial charge in [0.25, 0.3) is 0 Å². The van der Waals surface area contributed by atoms with Crippen molar-refractivity contribution in [2.75, 3.05) is 11.6 Å². The van der Waals surface area contributed by atoms with Gasteiger partial charge in [-0.05, 0) is 36.4 Å². The lowest BCUT2D eigenvalue weighted by molar-refractivity contribution is -0.115. The summed E-state index contributed by atoms with van der Waals surface area (Å²) in [6, 6.07) is 5.58. The maximum absolute atomic E-state index is 12.4. The summed E-state index contributed by atoms with van der Waals surface area (Å²) in [6.45, 7) is 1.77. The molecule has 0 saturated carbocycles. The fraction of sp³-hybridized carbons (Fsp3) is 0.278. The quantitative estimate of drug-likeness (QED) is 0.457. The summed E-state index contributed by atoms with van der Waals surface area (Å²) in [4.78, 5) is 21.6. The molecule has 1 aromatic carbocycles. The van der Waals surface area contributed by atoms with Crippen LogP contribution in [0.1, 0.15) is 16.3 Å². The van der Waals surface area contributed by atoms with Crippen LogP contribution in [0.4, 0.5) is 18.3 Å². The minimum absolute atomic E-state index is 0.0229. The van der Waals surface area contributed by atoms with Crippen LogP contribution in [0.5, 0.6) is 0 Å². The highest BCUT2D eigenvalue weighted by Gasteiger charge is 2.29. The SMILES string of the molecule is Cc1nc(CS(C)(=O)=O)c(-c2csc(NC(=O)Cc3ccc(SC(F)(F)F)cc3)n2)s1. The molecule has 0 bridgehead atoms. The number of hydrogen-bond acceptors (Lipinski definition) is 8. The molecule has 0 aliphatic heterocycles. The monoisotopic (exact) mass is 507 g/mol. The second-order valence-electron chi connectivity index (χ2n) is 6.53. The Kier molecular flexibility index (Phi) is 7.08. The minimum atomic E-state index is -4.36. The molecule has 0 saturated heterocycles. The number of alkyl halides is 3. The predicted molar refractivity (Wildman–Crippen MR) is 117 cm³/mol. The van der Waals surface area contributed by atoms with E-state index in [0.717, 1.165) is 6.26 Å². The van der Waals surface area contributed by atoms with Gasteiger partial charge in [0.05, 0.1) is 33.4 Å². The molecule has 3 rings (SSSR count). The van der Waals surface area contributed by atoms with Crippen molar-refractivity contribution in [3.63, 3.8) is 0 Å². The van der Waals surface area contributed by atoms with Crippen molar-refractivity contribution in [3.05, 3.63) is 45.9 Å². The zero-order valence-corrected chi connectivity index (χ0v) is 19.5. The van der Waals surface area contributed by atoms with Gasteiger partial charge in [0.2, 0.25) is 5.91 Å². The molecule has 2 heterocycles. The third kappa shape index (κ3) is 7.30. The van der Waals surface area contributed by atoms with Crippen LogP contribution in [-0.2, 0) is 26.8 Å². The highest BCUT2D eigenvalue weighted by molar-refractivity contribution is 8.00. The first-order chi connectivity index (χ1) is 14.4. The van der Waals surface area contributed by atoms with Crippen molar-refractivity contribution in [2.45, 2.75) is 29.5 Å². The summed E-state index contributed by atoms with van der Waals surface area (Å²) < 4.78 is 60.4. The molecule has 13 heteroatoms. The molecule has 6 nitrogen and oxygen atoms in total. The maximum atomic E-state index is 12.4. The van der Waals surface area contributed by atoms with E-state index < -0.39 is 15.3 Å². The number of hydrogen-bond donors (Lipinski definition) is 1. The van der Waals surface area contributed by atoms with Crippen LogP contribution >= 0.6 is 34.4 Å². The zero-order chi connectivity index (χ0) is 22.8. The number of benzene rings is 1. The first-order valence-electron chi connectivity index (χ1n) is 8.62. The van der Waals surface area contributed by atoms with Crippen LogP contribution in [0.3, 0.4) is 0 Å². The number of sulfone groups is 1. The third-order valence-corrected chi connectivity index (χ3v) is 7.04. The van der Waals surface area contributed by atoms with Crippen molar-refractivity contribution in [3.8, 4) is 10.6 Å². The molecule has 0 aliphatic rings. The van der Waals surface area contributed by atoms with E-state index in [1.165, 1.54) is 46.9 Å². The number of thiazole rings is 2. The van der Waals surface area contributed by atoms with Crippen LogP contribution in [0.2, 0.25) is 0 Å². The normalized spacial score (nSPS) is 12.2. The Morgan fingerprint density at radius 2 is 1.87 bits per heavy atom. The topological polar surface area (TPSA) is 89.0 Å². The summed E-state index contributed by atoms with van der Waals surface area (Å²) in [5, 5.41) is 5.40. The fourth-order valence-corrected chi connectivity index (χ4v) is 5.63. The zero-order valence-electron chi connectivity index (χ0n) is 16.2. The molecular formula is C18H16F3N3O3S4. The first-order valence-corrected chi connectivity index (χ1v) is 13.2. The highest BCUT2D eigenvalue weighted by Crippen LogP contribution is 2.37. The van der Waals surface area contributed by atoms with E-state index in [4.69, 9.17) is 0 Å². The highest BCUT2D eigenvalue weighted by atomic mass is 32.2. The van der Waals surface area contributed by atoms with E-state index in [1.54, 1.807) is 12.3 Å². The smallest absolute Gasteiger partial charge is 0.302 e. The van der Waals surface area contributed by atoms with Crippen LogP contribution in [0.25, 0.3) is 10.6 Å². The number of amides is 1. The molecular weight excluding hydrogens is 491 g/mol. The molecule has 0 spiro atoms. The lowest BCUT2D eigenvalue weighted by Gasteiger charge is -2.06. The third-order valence-electron chi connectivity index (χ3n) is 3.71. The number of rotatable bonds is 7. The minimum Gasteiger partial charge on any atom is -0.302 e. The summed E-state index contributed by atoms with van der Waals surface area (Å²) in [5.41, 5.74) is -2.85. The number of thioether (sulfide) groups is 1. The van der Waals surface area contributed by atoms with Crippen molar-refractivity contribution in [1.82, 2.24) is 9.97 Å². The molecule has 0 unspecified atom stereocenters. The number of nitrogens with zero attached hydrogens (tertiary/aromatic N) is 2. The number of anilines is 1. The summed E-state index contributed by atoms with van der Waals surface area (Å²) in [5.74, 6) is -0.567. The fourth-order valence-electron chi connectivity index (χ4n) is 2.61. The number of halogens is 3. The molecule has 31 heavy (non-hydrogen) atoms. The second kappa shape index (κ2) is 9.27. The number of carbonyl (C=O) groups excluding carboxylic acids is 1. The van der Waals surface area contributed by atoms with Gasteiger partial charge in [-0.25, -0.2) is 18.4 Å². The average molecular weight is 508 g/mol. The Hall–Kier alpha value is -1.96. The van der Waals surface area contributed by atoms with Gasteiger partial charge in [-0.1, -0.05) is 12.1 Å². The number of aromatic nitrogens is 2. The molecule has 3 aromatic rings. The maximum Gasteiger partial charge on any atom is 0.446 e. The first kappa shape index (κ1) is 23.7. The van der Waals surface area contributed by atoms with Crippen molar-refractivity contribution in [1.29, 1.82) is 0 Å². The van der Waals surface area contributed by atoms with Gasteiger partial charge in [-0.3, -0.25) is 4.79 Å². The Morgan fingerprint density at radius 3 is 2.48 bits per heavy atom. The Balaban J connectivity index is 1.66. The van der Waals surface area contributed by atoms with Gasteiger partial charge in [-0.2, -0.15) is 13.2 Å². The lowest BCUT2D eigenvalue weighted by Crippen LogP contribution is -2.14. The Labute approximate surface area is 188 Å². The number of carbonyl (C=O) groups is 1. The van der Waals surface area contributed by atoms with Crippen LogP contribution in [0, 0.1) is 6.92 Å². The van der Waals surface area contributed by atoms with Gasteiger partial charge in [0, 0.05) is 16.5 Å². The van der Waals surface area contributed by atoms with Crippen molar-refractivity contribution < 1.29 is 26.4 Å². The van der Waals surface area contributed by atoms with Crippen LogP contribution < -0.4 is 5.32 Å². The molecule has 1 amide bonds. The van der Waals surface area contributed by atoms with E-state index in [0.29, 0.717) is 32.0 Å². The molecule has 0 atom stereocenters. The average Bonchev–Trinajstić information content (AvgIpc) is 3.20. The Bertz CT molecular complexity index is 1190. The van der Waals surface area contributed by atoms with Gasteiger partial charge >= 0.3 is 5.51 Å². The van der Waals surface area contributed by atoms with Crippen LogP contribution in [-0.4, -0.2) is 36.1 Å². The van der Waals surface area contributed by atoms with Crippen molar-refractivity contribution in [2.24, 2.45) is 0 Å². The van der Waals surface area contributed by atoms with Crippen LogP contribution in [0.15, 0.2) is 34.5 Å². The van der Waals surface area contributed by atoms with Gasteiger partial charge in [-0.15, -0.1) is 22.7 Å². The molecule has 0 aliphatic carbocycles. The Morgan fingerprint density at radius 1 is 1.19 bits per heavy atom. The number of nitrogens with one attached hydrogen (secondary N) is 1. The largest absolute Gasteiger partial charge is 0.446 e. The summed E-state index contributed by atoms with van der Waals surface area (Å²) in [7, 11) is -3.27. The van der Waals surface area contributed by atoms with E-state index in [1.807, 2.05) is 0 Å². The van der Waals surface area contributed by atoms with E-state index in [2.05, 4.69) is 15.3 Å². The molecule has 2 aromatic heterocycles. The number of aryl methyl sites for hydroxylation is 1.